The van der Waals surface area contributed by atoms with Gasteiger partial charge in [-0.2, -0.15) is 0 Å². The smallest absolute Gasteiger partial charge is 0.256 e. The van der Waals surface area contributed by atoms with Gasteiger partial charge in [-0.15, -0.1) is 11.8 Å². The fourth-order valence-corrected chi connectivity index (χ4v) is 5.12. The number of carbonyl (C=O) groups is 1. The number of hydrogen-bond donors (Lipinski definition) is 1. The van der Waals surface area contributed by atoms with Gasteiger partial charge in [0.2, 0.25) is 0 Å². The van der Waals surface area contributed by atoms with Crippen LogP contribution in [0.2, 0.25) is 0 Å². The van der Waals surface area contributed by atoms with Crippen LogP contribution in [-0.4, -0.2) is 54.8 Å². The number of piperazine rings is 1. The Hall–Kier alpha value is -2.09. The molecule has 2 aromatic carbocycles. The Morgan fingerprint density at radius 3 is 2.75 bits per heavy atom. The molecular formula is C21H24N4OS2. The van der Waals surface area contributed by atoms with E-state index in [4.69, 9.17) is 4.98 Å². The average molecular weight is 413 g/mol. The van der Waals surface area contributed by atoms with Gasteiger partial charge in [0.25, 0.3) is 5.91 Å². The van der Waals surface area contributed by atoms with Crippen molar-refractivity contribution in [3.8, 4) is 0 Å². The maximum Gasteiger partial charge on any atom is 0.256 e. The molecule has 7 heteroatoms. The molecule has 28 heavy (non-hydrogen) atoms. The zero-order valence-electron chi connectivity index (χ0n) is 16.1. The van der Waals surface area contributed by atoms with Crippen molar-refractivity contribution >= 4 is 50.0 Å². The Kier molecular flexibility index (Phi) is 5.85. The molecule has 3 aromatic rings. The summed E-state index contributed by atoms with van der Waals surface area (Å²) >= 11 is 3.38. The van der Waals surface area contributed by atoms with Crippen LogP contribution in [0, 0.1) is 0 Å². The van der Waals surface area contributed by atoms with E-state index in [2.05, 4.69) is 29.1 Å². The molecule has 1 aromatic heterocycles. The van der Waals surface area contributed by atoms with E-state index in [1.165, 1.54) is 0 Å². The lowest BCUT2D eigenvalue weighted by molar-refractivity contribution is 0.102. The monoisotopic (exact) mass is 412 g/mol. The lowest BCUT2D eigenvalue weighted by Crippen LogP contribution is -2.44. The quantitative estimate of drug-likeness (QED) is 0.629. The van der Waals surface area contributed by atoms with Crippen LogP contribution >= 0.6 is 23.1 Å². The number of carbonyl (C=O) groups excluding carboxylic acids is 1. The molecule has 0 atom stereocenters. The first-order chi connectivity index (χ1) is 13.6. The second-order valence-electron chi connectivity index (χ2n) is 6.85. The van der Waals surface area contributed by atoms with Gasteiger partial charge in [-0.3, -0.25) is 4.79 Å². The van der Waals surface area contributed by atoms with Gasteiger partial charge in [-0.05, 0) is 43.1 Å². The summed E-state index contributed by atoms with van der Waals surface area (Å²) in [5.74, 6) is 0.867. The minimum Gasteiger partial charge on any atom is -0.345 e. The number of thiazole rings is 1. The molecule has 0 aliphatic carbocycles. The number of likely N-dealkylation sites (N-methyl/N-ethyl adjacent to an activating group) is 1. The standard InChI is InChI=1S/C21H24N4OS2/c1-3-27-18-7-5-4-6-16(18)20(26)22-15-8-9-17-19(14-15)28-21(23-17)25-12-10-24(2)11-13-25/h4-9,14H,3,10-13H2,1-2H3,(H,22,26). The van der Waals surface area contributed by atoms with Crippen LogP contribution in [0.4, 0.5) is 10.8 Å². The summed E-state index contributed by atoms with van der Waals surface area (Å²) in [5, 5.41) is 4.12. The highest BCUT2D eigenvalue weighted by Gasteiger charge is 2.18. The number of aromatic nitrogens is 1. The molecule has 1 aliphatic rings. The van der Waals surface area contributed by atoms with Gasteiger partial charge in [-0.1, -0.05) is 30.4 Å². The lowest BCUT2D eigenvalue weighted by Gasteiger charge is -2.31. The molecule has 0 unspecified atom stereocenters. The summed E-state index contributed by atoms with van der Waals surface area (Å²) in [5.41, 5.74) is 2.51. The Morgan fingerprint density at radius 2 is 1.96 bits per heavy atom. The number of thioether (sulfide) groups is 1. The maximum absolute atomic E-state index is 12.8. The minimum atomic E-state index is -0.0697. The number of nitrogens with one attached hydrogen (secondary N) is 1. The van der Waals surface area contributed by atoms with Crippen LogP contribution in [0.25, 0.3) is 10.2 Å². The van der Waals surface area contributed by atoms with Crippen molar-refractivity contribution in [3.05, 3.63) is 48.0 Å². The first kappa shape index (κ1) is 19.2. The van der Waals surface area contributed by atoms with E-state index in [0.717, 1.165) is 63.4 Å². The molecule has 5 nitrogen and oxygen atoms in total. The molecule has 1 amide bonds. The molecule has 1 N–H and O–H groups in total. The van der Waals surface area contributed by atoms with Crippen molar-refractivity contribution in [3.63, 3.8) is 0 Å². The Morgan fingerprint density at radius 1 is 1.18 bits per heavy atom. The second kappa shape index (κ2) is 8.51. The number of hydrogen-bond acceptors (Lipinski definition) is 6. The summed E-state index contributed by atoms with van der Waals surface area (Å²) in [4.78, 5) is 23.3. The Labute approximate surface area is 173 Å². The SMILES string of the molecule is CCSc1ccccc1C(=O)Nc1ccc2nc(N3CCN(C)CC3)sc2c1. The highest BCUT2D eigenvalue weighted by atomic mass is 32.2. The first-order valence-corrected chi connectivity index (χ1v) is 11.3. The summed E-state index contributed by atoms with van der Waals surface area (Å²) in [7, 11) is 2.15. The van der Waals surface area contributed by atoms with E-state index in [1.807, 2.05) is 42.5 Å². The van der Waals surface area contributed by atoms with Crippen LogP contribution in [0.5, 0.6) is 0 Å². The Bertz CT molecular complexity index is 979. The van der Waals surface area contributed by atoms with Gasteiger partial charge >= 0.3 is 0 Å². The number of anilines is 2. The van der Waals surface area contributed by atoms with Crippen molar-refractivity contribution in [1.29, 1.82) is 0 Å². The molecule has 4 rings (SSSR count). The van der Waals surface area contributed by atoms with Crippen molar-refractivity contribution in [2.24, 2.45) is 0 Å². The van der Waals surface area contributed by atoms with Gasteiger partial charge in [-0.25, -0.2) is 4.98 Å². The molecule has 2 heterocycles. The summed E-state index contributed by atoms with van der Waals surface area (Å²) in [6, 6.07) is 13.7. The minimum absolute atomic E-state index is 0.0697. The number of benzene rings is 2. The molecule has 1 aliphatic heterocycles. The van der Waals surface area contributed by atoms with Gasteiger partial charge in [0, 0.05) is 36.8 Å². The number of nitrogens with zero attached hydrogens (tertiary/aromatic N) is 3. The highest BCUT2D eigenvalue weighted by molar-refractivity contribution is 7.99. The van der Waals surface area contributed by atoms with Crippen LogP contribution < -0.4 is 10.2 Å². The van der Waals surface area contributed by atoms with E-state index in [9.17, 15) is 4.79 Å². The maximum atomic E-state index is 12.8. The Balaban J connectivity index is 1.53. The first-order valence-electron chi connectivity index (χ1n) is 9.51. The molecule has 146 valence electrons. The summed E-state index contributed by atoms with van der Waals surface area (Å²) in [6.07, 6.45) is 0. The van der Waals surface area contributed by atoms with Crippen molar-refractivity contribution in [2.45, 2.75) is 11.8 Å². The summed E-state index contributed by atoms with van der Waals surface area (Å²) < 4.78 is 1.10. The predicted octanol–water partition coefficient (Wildman–Crippen LogP) is 4.41. The van der Waals surface area contributed by atoms with Gasteiger partial charge in [0.1, 0.15) is 0 Å². The summed E-state index contributed by atoms with van der Waals surface area (Å²) in [6.45, 7) is 6.23. The third-order valence-electron chi connectivity index (χ3n) is 4.84. The fourth-order valence-electron chi connectivity index (χ4n) is 3.26. The van der Waals surface area contributed by atoms with Crippen molar-refractivity contribution in [2.75, 3.05) is 49.2 Å². The molecule has 0 spiro atoms. The van der Waals surface area contributed by atoms with Gasteiger partial charge < -0.3 is 15.1 Å². The average Bonchev–Trinajstić information content (AvgIpc) is 3.12. The molecule has 1 fully saturated rings. The van der Waals surface area contributed by atoms with Gasteiger partial charge in [0.15, 0.2) is 5.13 Å². The molecule has 1 saturated heterocycles. The normalized spacial score (nSPS) is 15.1. The van der Waals surface area contributed by atoms with Gasteiger partial charge in [0.05, 0.1) is 15.8 Å². The fraction of sp³-hybridized carbons (Fsp3) is 0.333. The number of rotatable bonds is 5. The van der Waals surface area contributed by atoms with E-state index >= 15 is 0 Å². The van der Waals surface area contributed by atoms with Crippen molar-refractivity contribution in [1.82, 2.24) is 9.88 Å². The lowest BCUT2D eigenvalue weighted by atomic mass is 10.2. The van der Waals surface area contributed by atoms with Crippen molar-refractivity contribution < 1.29 is 4.79 Å². The molecular weight excluding hydrogens is 388 g/mol. The largest absolute Gasteiger partial charge is 0.345 e. The van der Waals surface area contributed by atoms with Crippen LogP contribution in [-0.2, 0) is 0 Å². The topological polar surface area (TPSA) is 48.5 Å². The molecule has 0 radical (unpaired) electrons. The van der Waals surface area contributed by atoms with Crippen LogP contribution in [0.15, 0.2) is 47.4 Å². The number of amides is 1. The zero-order valence-corrected chi connectivity index (χ0v) is 17.8. The molecule has 0 bridgehead atoms. The third-order valence-corrected chi connectivity index (χ3v) is 6.87. The number of fused-ring (bicyclic) bond motifs is 1. The van der Waals surface area contributed by atoms with Crippen LogP contribution in [0.1, 0.15) is 17.3 Å². The predicted molar refractivity (Wildman–Crippen MR) is 120 cm³/mol. The van der Waals surface area contributed by atoms with Crippen LogP contribution in [0.3, 0.4) is 0 Å². The third kappa shape index (κ3) is 4.16. The highest BCUT2D eigenvalue weighted by Crippen LogP contribution is 2.31. The zero-order chi connectivity index (χ0) is 19.5. The second-order valence-corrected chi connectivity index (χ2v) is 9.17. The van der Waals surface area contributed by atoms with E-state index in [-0.39, 0.29) is 5.91 Å². The molecule has 0 saturated carbocycles. The van der Waals surface area contributed by atoms with E-state index in [1.54, 1.807) is 23.1 Å². The van der Waals surface area contributed by atoms with E-state index in [0.29, 0.717) is 0 Å². The van der Waals surface area contributed by atoms with E-state index < -0.39 is 0 Å².